The standard InChI is InChI=1S/C24H26N4O/c1-18-9-11-19(12-10-18)24(29)25-21-8-6-7-20(17-21)22-13-14-23(27-26-22)28-15-4-2-3-5-16-28/h6-14,17H,2-5,15-16H2,1H3,(H,25,29). The van der Waals surface area contributed by atoms with Crippen molar-refractivity contribution < 1.29 is 4.79 Å². The minimum Gasteiger partial charge on any atom is -0.355 e. The van der Waals surface area contributed by atoms with E-state index >= 15 is 0 Å². The Balaban J connectivity index is 1.48. The minimum absolute atomic E-state index is 0.121. The van der Waals surface area contributed by atoms with Gasteiger partial charge < -0.3 is 10.2 Å². The first-order chi connectivity index (χ1) is 14.2. The molecule has 0 unspecified atom stereocenters. The molecule has 1 N–H and O–H groups in total. The Morgan fingerprint density at radius 1 is 0.897 bits per heavy atom. The van der Waals surface area contributed by atoms with Crippen molar-refractivity contribution in [2.24, 2.45) is 0 Å². The molecule has 4 rings (SSSR count). The predicted molar refractivity (Wildman–Crippen MR) is 117 cm³/mol. The van der Waals surface area contributed by atoms with E-state index in [1.807, 2.05) is 67.6 Å². The third-order valence-corrected chi connectivity index (χ3v) is 5.31. The van der Waals surface area contributed by atoms with Gasteiger partial charge in [-0.05, 0) is 56.2 Å². The van der Waals surface area contributed by atoms with Gasteiger partial charge in [0.25, 0.3) is 5.91 Å². The fourth-order valence-corrected chi connectivity index (χ4v) is 3.61. The van der Waals surface area contributed by atoms with Gasteiger partial charge in [-0.1, -0.05) is 42.7 Å². The van der Waals surface area contributed by atoms with Crippen LogP contribution in [0.5, 0.6) is 0 Å². The fraction of sp³-hybridized carbons (Fsp3) is 0.292. The molecular weight excluding hydrogens is 360 g/mol. The van der Waals surface area contributed by atoms with E-state index in [-0.39, 0.29) is 5.91 Å². The number of hydrogen-bond acceptors (Lipinski definition) is 4. The number of rotatable bonds is 4. The van der Waals surface area contributed by atoms with Crippen molar-refractivity contribution in [2.75, 3.05) is 23.3 Å². The van der Waals surface area contributed by atoms with Gasteiger partial charge in [0.15, 0.2) is 5.82 Å². The minimum atomic E-state index is -0.121. The van der Waals surface area contributed by atoms with E-state index in [1.165, 1.54) is 25.7 Å². The van der Waals surface area contributed by atoms with Crippen LogP contribution >= 0.6 is 0 Å². The Bertz CT molecular complexity index is 959. The first-order valence-corrected chi connectivity index (χ1v) is 10.3. The van der Waals surface area contributed by atoms with Crippen molar-refractivity contribution in [3.63, 3.8) is 0 Å². The highest BCUT2D eigenvalue weighted by molar-refractivity contribution is 6.04. The SMILES string of the molecule is Cc1ccc(C(=O)Nc2cccc(-c3ccc(N4CCCCCC4)nn3)c2)cc1. The quantitative estimate of drug-likeness (QED) is 0.679. The molecule has 2 heterocycles. The average molecular weight is 386 g/mol. The van der Waals surface area contributed by atoms with Crippen LogP contribution in [0.4, 0.5) is 11.5 Å². The van der Waals surface area contributed by atoms with Crippen LogP contribution in [0.1, 0.15) is 41.6 Å². The van der Waals surface area contributed by atoms with Crippen molar-refractivity contribution >= 4 is 17.4 Å². The number of nitrogens with one attached hydrogen (secondary N) is 1. The number of hydrogen-bond donors (Lipinski definition) is 1. The topological polar surface area (TPSA) is 58.1 Å². The normalized spacial score (nSPS) is 14.3. The smallest absolute Gasteiger partial charge is 0.255 e. The molecule has 0 aliphatic carbocycles. The van der Waals surface area contributed by atoms with Gasteiger partial charge in [0.1, 0.15) is 0 Å². The molecule has 5 heteroatoms. The van der Waals surface area contributed by atoms with Crippen LogP contribution < -0.4 is 10.2 Å². The second-order valence-corrected chi connectivity index (χ2v) is 7.58. The van der Waals surface area contributed by atoms with Crippen LogP contribution in [0, 0.1) is 6.92 Å². The third-order valence-electron chi connectivity index (χ3n) is 5.31. The van der Waals surface area contributed by atoms with Gasteiger partial charge in [-0.3, -0.25) is 4.79 Å². The van der Waals surface area contributed by atoms with E-state index < -0.39 is 0 Å². The average Bonchev–Trinajstić information content (AvgIpc) is 3.04. The summed E-state index contributed by atoms with van der Waals surface area (Å²) in [7, 11) is 0. The molecule has 1 aromatic heterocycles. The van der Waals surface area contributed by atoms with E-state index in [2.05, 4.69) is 20.4 Å². The van der Waals surface area contributed by atoms with Crippen molar-refractivity contribution in [3.05, 3.63) is 71.8 Å². The summed E-state index contributed by atoms with van der Waals surface area (Å²) < 4.78 is 0. The van der Waals surface area contributed by atoms with Crippen molar-refractivity contribution in [3.8, 4) is 11.3 Å². The largest absolute Gasteiger partial charge is 0.355 e. The van der Waals surface area contributed by atoms with Gasteiger partial charge in [0.05, 0.1) is 5.69 Å². The van der Waals surface area contributed by atoms with E-state index in [0.29, 0.717) is 5.56 Å². The molecule has 1 aliphatic rings. The second kappa shape index (κ2) is 8.86. The number of benzene rings is 2. The van der Waals surface area contributed by atoms with Gasteiger partial charge in [0.2, 0.25) is 0 Å². The Kier molecular flexibility index (Phi) is 5.84. The summed E-state index contributed by atoms with van der Waals surface area (Å²) in [6.07, 6.45) is 5.02. The Morgan fingerprint density at radius 3 is 2.34 bits per heavy atom. The lowest BCUT2D eigenvalue weighted by atomic mass is 10.1. The van der Waals surface area contributed by atoms with E-state index in [1.54, 1.807) is 0 Å². The van der Waals surface area contributed by atoms with Gasteiger partial charge in [-0.15, -0.1) is 10.2 Å². The maximum Gasteiger partial charge on any atom is 0.255 e. The first-order valence-electron chi connectivity index (χ1n) is 10.3. The molecule has 1 fully saturated rings. The second-order valence-electron chi connectivity index (χ2n) is 7.58. The molecule has 0 radical (unpaired) electrons. The van der Waals surface area contributed by atoms with Gasteiger partial charge in [-0.25, -0.2) is 0 Å². The van der Waals surface area contributed by atoms with Crippen LogP contribution in [0.15, 0.2) is 60.7 Å². The highest BCUT2D eigenvalue weighted by Crippen LogP contribution is 2.23. The Hall–Kier alpha value is -3.21. The molecule has 3 aromatic rings. The van der Waals surface area contributed by atoms with Crippen LogP contribution in [-0.4, -0.2) is 29.2 Å². The highest BCUT2D eigenvalue weighted by atomic mass is 16.1. The summed E-state index contributed by atoms with van der Waals surface area (Å²) >= 11 is 0. The van der Waals surface area contributed by atoms with Crippen molar-refractivity contribution in [1.29, 1.82) is 0 Å². The molecule has 2 aromatic carbocycles. The number of aromatic nitrogens is 2. The summed E-state index contributed by atoms with van der Waals surface area (Å²) in [4.78, 5) is 14.8. The van der Waals surface area contributed by atoms with Crippen LogP contribution in [-0.2, 0) is 0 Å². The number of aryl methyl sites for hydroxylation is 1. The number of carbonyl (C=O) groups excluding carboxylic acids is 1. The highest BCUT2D eigenvalue weighted by Gasteiger charge is 2.12. The molecule has 5 nitrogen and oxygen atoms in total. The van der Waals surface area contributed by atoms with Gasteiger partial charge >= 0.3 is 0 Å². The molecule has 0 spiro atoms. The molecule has 0 atom stereocenters. The molecule has 148 valence electrons. The van der Waals surface area contributed by atoms with Crippen LogP contribution in [0.2, 0.25) is 0 Å². The number of carbonyl (C=O) groups is 1. The summed E-state index contributed by atoms with van der Waals surface area (Å²) in [6, 6.07) is 19.3. The van der Waals surface area contributed by atoms with Gasteiger partial charge in [-0.2, -0.15) is 0 Å². The zero-order valence-electron chi connectivity index (χ0n) is 16.8. The van der Waals surface area contributed by atoms with Crippen molar-refractivity contribution in [1.82, 2.24) is 10.2 Å². The van der Waals surface area contributed by atoms with Crippen molar-refractivity contribution in [2.45, 2.75) is 32.6 Å². The lowest BCUT2D eigenvalue weighted by Crippen LogP contribution is -2.25. The van der Waals surface area contributed by atoms with Gasteiger partial charge in [0, 0.05) is 29.9 Å². The predicted octanol–water partition coefficient (Wildman–Crippen LogP) is 5.08. The molecule has 0 bridgehead atoms. The number of nitrogens with zero attached hydrogens (tertiary/aromatic N) is 3. The lowest BCUT2D eigenvalue weighted by molar-refractivity contribution is 0.102. The van der Waals surface area contributed by atoms with E-state index in [0.717, 1.165) is 41.4 Å². The van der Waals surface area contributed by atoms with Crippen LogP contribution in [0.25, 0.3) is 11.3 Å². The first kappa shape index (κ1) is 19.1. The maximum atomic E-state index is 12.5. The summed E-state index contributed by atoms with van der Waals surface area (Å²) in [6.45, 7) is 4.10. The Labute approximate surface area is 171 Å². The zero-order valence-corrected chi connectivity index (χ0v) is 16.8. The zero-order chi connectivity index (χ0) is 20.1. The van der Waals surface area contributed by atoms with Crippen LogP contribution in [0.3, 0.4) is 0 Å². The molecular formula is C24H26N4O. The molecule has 1 amide bonds. The summed E-state index contributed by atoms with van der Waals surface area (Å²) in [5.74, 6) is 0.823. The summed E-state index contributed by atoms with van der Waals surface area (Å²) in [5, 5.41) is 11.9. The molecule has 29 heavy (non-hydrogen) atoms. The molecule has 0 saturated carbocycles. The number of anilines is 2. The molecule has 1 aliphatic heterocycles. The lowest BCUT2D eigenvalue weighted by Gasteiger charge is -2.20. The Morgan fingerprint density at radius 2 is 1.66 bits per heavy atom. The van der Waals surface area contributed by atoms with E-state index in [4.69, 9.17) is 0 Å². The number of amides is 1. The maximum absolute atomic E-state index is 12.5. The third kappa shape index (κ3) is 4.80. The monoisotopic (exact) mass is 386 g/mol. The van der Waals surface area contributed by atoms with E-state index in [9.17, 15) is 4.79 Å². The fourth-order valence-electron chi connectivity index (χ4n) is 3.61. The molecule has 1 saturated heterocycles. The summed E-state index contributed by atoms with van der Waals surface area (Å²) in [5.41, 5.74) is 4.25.